The number of nitrogens with zero attached hydrogens (tertiary/aromatic N) is 1. The molecule has 1 aliphatic carbocycles. The Morgan fingerprint density at radius 2 is 1.96 bits per heavy atom. The number of benzene rings is 1. The summed E-state index contributed by atoms with van der Waals surface area (Å²) in [6.07, 6.45) is 5.81. The van der Waals surface area contributed by atoms with Gasteiger partial charge in [-0.3, -0.25) is 4.79 Å². The van der Waals surface area contributed by atoms with E-state index >= 15 is 0 Å². The van der Waals surface area contributed by atoms with Gasteiger partial charge < -0.3 is 10.4 Å². The topological polar surface area (TPSA) is 62.2 Å². The molecule has 1 aromatic carbocycles. The third-order valence-corrected chi connectivity index (χ3v) is 5.76. The third kappa shape index (κ3) is 4.22. The van der Waals surface area contributed by atoms with Crippen molar-refractivity contribution < 1.29 is 9.90 Å². The molecule has 0 aliphatic heterocycles. The Balaban J connectivity index is 1.54. The van der Waals surface area contributed by atoms with Crippen molar-refractivity contribution in [2.24, 2.45) is 5.41 Å². The standard InChI is InChI=1S/C19H24N2O2S/c22-14-19(9-5-2-6-10-19)13-20-17(23)11-16-12-24-18(21-16)15-7-3-1-4-8-15/h1,3-4,7-8,12,22H,2,5-6,9-11,13-14H2,(H,20,23). The first kappa shape index (κ1) is 17.1. The minimum Gasteiger partial charge on any atom is -0.396 e. The number of rotatable bonds is 6. The van der Waals surface area contributed by atoms with Crippen molar-refractivity contribution >= 4 is 17.2 Å². The van der Waals surface area contributed by atoms with Crippen LogP contribution in [0.4, 0.5) is 0 Å². The summed E-state index contributed by atoms with van der Waals surface area (Å²) >= 11 is 1.56. The highest BCUT2D eigenvalue weighted by Crippen LogP contribution is 2.35. The molecule has 1 aromatic heterocycles. The Hall–Kier alpha value is -1.72. The van der Waals surface area contributed by atoms with Crippen LogP contribution in [0.25, 0.3) is 10.6 Å². The molecule has 0 unspecified atom stereocenters. The predicted octanol–water partition coefficient (Wildman–Crippen LogP) is 3.41. The van der Waals surface area contributed by atoms with E-state index in [2.05, 4.69) is 10.3 Å². The van der Waals surface area contributed by atoms with Crippen LogP contribution in [0.3, 0.4) is 0 Å². The van der Waals surface area contributed by atoms with Gasteiger partial charge >= 0.3 is 0 Å². The molecule has 1 heterocycles. The average molecular weight is 344 g/mol. The molecule has 1 aliphatic rings. The maximum atomic E-state index is 12.2. The summed E-state index contributed by atoms with van der Waals surface area (Å²) in [6, 6.07) is 10.0. The highest BCUT2D eigenvalue weighted by molar-refractivity contribution is 7.13. The summed E-state index contributed by atoms with van der Waals surface area (Å²) < 4.78 is 0. The Morgan fingerprint density at radius 1 is 1.21 bits per heavy atom. The number of amides is 1. The van der Waals surface area contributed by atoms with Crippen molar-refractivity contribution in [2.45, 2.75) is 38.5 Å². The normalized spacial score (nSPS) is 16.7. The lowest BCUT2D eigenvalue weighted by atomic mass is 9.74. The lowest BCUT2D eigenvalue weighted by Gasteiger charge is -2.35. The second-order valence-electron chi connectivity index (χ2n) is 6.68. The van der Waals surface area contributed by atoms with E-state index in [1.165, 1.54) is 6.42 Å². The van der Waals surface area contributed by atoms with Gasteiger partial charge in [-0.05, 0) is 12.8 Å². The third-order valence-electron chi connectivity index (χ3n) is 4.82. The number of thiazole rings is 1. The fourth-order valence-electron chi connectivity index (χ4n) is 3.31. The summed E-state index contributed by atoms with van der Waals surface area (Å²) in [7, 11) is 0. The Kier molecular flexibility index (Phi) is 5.63. The molecule has 128 valence electrons. The molecule has 1 fully saturated rings. The van der Waals surface area contributed by atoms with E-state index in [9.17, 15) is 9.90 Å². The minimum absolute atomic E-state index is 0.0155. The molecule has 1 amide bonds. The van der Waals surface area contributed by atoms with E-state index in [4.69, 9.17) is 0 Å². The monoisotopic (exact) mass is 344 g/mol. The SMILES string of the molecule is O=C(Cc1csc(-c2ccccc2)n1)NCC1(CO)CCCCC1. The van der Waals surface area contributed by atoms with Crippen molar-refractivity contribution in [2.75, 3.05) is 13.2 Å². The number of carbonyl (C=O) groups excluding carboxylic acids is 1. The molecule has 0 atom stereocenters. The smallest absolute Gasteiger partial charge is 0.226 e. The molecule has 5 heteroatoms. The largest absolute Gasteiger partial charge is 0.396 e. The lowest BCUT2D eigenvalue weighted by Crippen LogP contribution is -2.41. The van der Waals surface area contributed by atoms with Gasteiger partial charge in [-0.2, -0.15) is 0 Å². The van der Waals surface area contributed by atoms with Crippen LogP contribution in [0, 0.1) is 5.41 Å². The summed E-state index contributed by atoms with van der Waals surface area (Å²) in [6.45, 7) is 0.722. The molecular formula is C19H24N2O2S. The minimum atomic E-state index is -0.120. The van der Waals surface area contributed by atoms with Crippen LogP contribution in [-0.2, 0) is 11.2 Å². The number of hydrogen-bond donors (Lipinski definition) is 2. The second-order valence-corrected chi connectivity index (χ2v) is 7.54. The Labute approximate surface area is 146 Å². The van der Waals surface area contributed by atoms with Gasteiger partial charge in [-0.25, -0.2) is 4.98 Å². The van der Waals surface area contributed by atoms with Gasteiger partial charge in [-0.1, -0.05) is 49.6 Å². The van der Waals surface area contributed by atoms with Crippen molar-refractivity contribution in [3.63, 3.8) is 0 Å². The van der Waals surface area contributed by atoms with E-state index < -0.39 is 0 Å². The number of carbonyl (C=O) groups is 1. The Bertz CT molecular complexity index is 663. The molecule has 3 rings (SSSR count). The molecule has 0 bridgehead atoms. The molecule has 2 aromatic rings. The first-order chi connectivity index (χ1) is 11.7. The second kappa shape index (κ2) is 7.90. The first-order valence-corrected chi connectivity index (χ1v) is 9.46. The van der Waals surface area contributed by atoms with Gasteiger partial charge in [0, 0.05) is 22.9 Å². The number of aliphatic hydroxyl groups excluding tert-OH is 1. The molecule has 0 spiro atoms. The van der Waals surface area contributed by atoms with Crippen molar-refractivity contribution in [3.8, 4) is 10.6 Å². The number of hydrogen-bond acceptors (Lipinski definition) is 4. The zero-order chi connectivity index (χ0) is 16.8. The zero-order valence-corrected chi connectivity index (χ0v) is 14.6. The lowest BCUT2D eigenvalue weighted by molar-refractivity contribution is -0.121. The van der Waals surface area contributed by atoms with E-state index in [1.807, 2.05) is 35.7 Å². The number of aliphatic hydroxyl groups is 1. The first-order valence-electron chi connectivity index (χ1n) is 8.58. The van der Waals surface area contributed by atoms with Crippen LogP contribution in [0.5, 0.6) is 0 Å². The van der Waals surface area contributed by atoms with Gasteiger partial charge in [0.05, 0.1) is 18.7 Å². The van der Waals surface area contributed by atoms with Crippen LogP contribution >= 0.6 is 11.3 Å². The van der Waals surface area contributed by atoms with Crippen LogP contribution in [0.1, 0.15) is 37.8 Å². The van der Waals surface area contributed by atoms with Crippen LogP contribution in [0.2, 0.25) is 0 Å². The highest BCUT2D eigenvalue weighted by atomic mass is 32.1. The predicted molar refractivity (Wildman–Crippen MR) is 96.9 cm³/mol. The average Bonchev–Trinajstić information content (AvgIpc) is 3.10. The molecule has 24 heavy (non-hydrogen) atoms. The quantitative estimate of drug-likeness (QED) is 0.844. The molecule has 4 nitrogen and oxygen atoms in total. The fourth-order valence-corrected chi connectivity index (χ4v) is 4.13. The fraction of sp³-hybridized carbons (Fsp3) is 0.474. The van der Waals surface area contributed by atoms with E-state index in [-0.39, 0.29) is 17.9 Å². The molecular weight excluding hydrogens is 320 g/mol. The highest BCUT2D eigenvalue weighted by Gasteiger charge is 2.31. The van der Waals surface area contributed by atoms with Gasteiger partial charge in [0.1, 0.15) is 5.01 Å². The maximum Gasteiger partial charge on any atom is 0.226 e. The van der Waals surface area contributed by atoms with Crippen LogP contribution in [-0.4, -0.2) is 29.1 Å². The summed E-state index contributed by atoms with van der Waals surface area (Å²) in [4.78, 5) is 16.8. The van der Waals surface area contributed by atoms with Gasteiger partial charge in [0.15, 0.2) is 0 Å². The van der Waals surface area contributed by atoms with E-state index in [0.717, 1.165) is 41.9 Å². The number of aromatic nitrogens is 1. The molecule has 2 N–H and O–H groups in total. The van der Waals surface area contributed by atoms with Gasteiger partial charge in [0.25, 0.3) is 0 Å². The van der Waals surface area contributed by atoms with E-state index in [0.29, 0.717) is 13.0 Å². The van der Waals surface area contributed by atoms with Crippen LogP contribution < -0.4 is 5.32 Å². The van der Waals surface area contributed by atoms with Crippen molar-refractivity contribution in [1.82, 2.24) is 10.3 Å². The summed E-state index contributed by atoms with van der Waals surface area (Å²) in [5.74, 6) is -0.0155. The maximum absolute atomic E-state index is 12.2. The van der Waals surface area contributed by atoms with Gasteiger partial charge in [0.2, 0.25) is 5.91 Å². The summed E-state index contributed by atoms with van der Waals surface area (Å²) in [5.41, 5.74) is 1.76. The van der Waals surface area contributed by atoms with E-state index in [1.54, 1.807) is 11.3 Å². The van der Waals surface area contributed by atoms with Gasteiger partial charge in [-0.15, -0.1) is 11.3 Å². The molecule has 0 radical (unpaired) electrons. The van der Waals surface area contributed by atoms with Crippen molar-refractivity contribution in [1.29, 1.82) is 0 Å². The molecule has 1 saturated carbocycles. The zero-order valence-electron chi connectivity index (χ0n) is 13.8. The van der Waals surface area contributed by atoms with Crippen molar-refractivity contribution in [3.05, 3.63) is 41.4 Å². The number of nitrogens with one attached hydrogen (secondary N) is 1. The molecule has 0 saturated heterocycles. The summed E-state index contributed by atoms with van der Waals surface area (Å²) in [5, 5.41) is 15.6. The van der Waals surface area contributed by atoms with Crippen LogP contribution in [0.15, 0.2) is 35.7 Å². The Morgan fingerprint density at radius 3 is 2.67 bits per heavy atom.